The van der Waals surface area contributed by atoms with Crippen LogP contribution in [0.2, 0.25) is 0 Å². The van der Waals surface area contributed by atoms with Gasteiger partial charge in [0.05, 0.1) is 44.7 Å². The smallest absolute Gasteiger partial charge is 0.280 e. The largest absolute Gasteiger partial charge is 0.479 e. The van der Waals surface area contributed by atoms with Gasteiger partial charge >= 0.3 is 0 Å². The molecule has 2 fully saturated rings. The van der Waals surface area contributed by atoms with Crippen LogP contribution in [-0.4, -0.2) is 108 Å². The Hall–Kier alpha value is -3.81. The number of ether oxygens (including phenoxy) is 1. The number of hydrogen-bond acceptors (Lipinski definition) is 11. The Morgan fingerprint density at radius 2 is 1.89 bits per heavy atom. The van der Waals surface area contributed by atoms with Gasteiger partial charge in [0.15, 0.2) is 5.88 Å². The third-order valence-electron chi connectivity index (χ3n) is 9.53. The Morgan fingerprint density at radius 1 is 1.13 bits per heavy atom. The molecule has 1 amide bonds. The van der Waals surface area contributed by atoms with Crippen LogP contribution in [0.3, 0.4) is 0 Å². The second-order valence-electron chi connectivity index (χ2n) is 13.1. The number of carbonyl (C=O) groups excluding carboxylic acids is 1. The summed E-state index contributed by atoms with van der Waals surface area (Å²) >= 11 is 0. The molecule has 4 aliphatic heterocycles. The number of pyridine rings is 1. The predicted octanol–water partition coefficient (Wildman–Crippen LogP) is 4.31. The topological polar surface area (TPSA) is 139 Å². The highest BCUT2D eigenvalue weighted by molar-refractivity contribution is 7.93. The van der Waals surface area contributed by atoms with Crippen LogP contribution < -0.4 is 15.5 Å². The molecule has 12 nitrogen and oxygen atoms in total. The fraction of sp³-hybridized carbons (Fsp3) is 0.529. The number of anilines is 2. The highest BCUT2D eigenvalue weighted by Crippen LogP contribution is 2.37. The number of likely N-dealkylation sites (tertiary alicyclic amines) is 1. The lowest BCUT2D eigenvalue weighted by Gasteiger charge is -2.39. The van der Waals surface area contributed by atoms with E-state index in [9.17, 15) is 9.00 Å². The summed E-state index contributed by atoms with van der Waals surface area (Å²) in [6.45, 7) is 8.95. The molecule has 2 bridgehead atoms. The van der Waals surface area contributed by atoms with Crippen LogP contribution in [0.4, 0.5) is 17.1 Å². The minimum absolute atomic E-state index is 0.243. The lowest BCUT2D eigenvalue weighted by atomic mass is 10.0. The summed E-state index contributed by atoms with van der Waals surface area (Å²) in [6.07, 6.45) is 5.21. The molecule has 2 saturated heterocycles. The van der Waals surface area contributed by atoms with E-state index in [2.05, 4.69) is 44.4 Å². The number of aromatic nitrogens is 1. The van der Waals surface area contributed by atoms with Crippen LogP contribution >= 0.6 is 0 Å². The number of amides is 1. The van der Waals surface area contributed by atoms with Crippen molar-refractivity contribution in [2.75, 3.05) is 75.1 Å². The molecule has 3 N–H and O–H groups in total. The van der Waals surface area contributed by atoms with Crippen molar-refractivity contribution in [2.45, 2.75) is 45.6 Å². The number of nitrogens with zero attached hydrogens (tertiary/aromatic N) is 6. The van der Waals surface area contributed by atoms with E-state index >= 15 is 0 Å². The summed E-state index contributed by atoms with van der Waals surface area (Å²) in [5.41, 5.74) is 4.33. The second kappa shape index (κ2) is 14.1. The first kappa shape index (κ1) is 33.1. The van der Waals surface area contributed by atoms with Gasteiger partial charge in [0.2, 0.25) is 5.96 Å². The number of rotatable bonds is 4. The minimum atomic E-state index is -2.38. The number of guanidine groups is 1. The quantitative estimate of drug-likeness (QED) is 0.409. The van der Waals surface area contributed by atoms with Crippen LogP contribution in [0.1, 0.15) is 54.4 Å². The summed E-state index contributed by atoms with van der Waals surface area (Å²) in [6, 6.07) is 9.75. The Morgan fingerprint density at radius 3 is 2.62 bits per heavy atom. The predicted molar refractivity (Wildman–Crippen MR) is 189 cm³/mol. The third-order valence-corrected chi connectivity index (χ3v) is 11.7. The zero-order valence-corrected chi connectivity index (χ0v) is 28.7. The molecule has 1 aromatic heterocycles. The molecule has 1 atom stereocenters. The molecule has 1 aromatic carbocycles. The minimum Gasteiger partial charge on any atom is -0.479 e. The molecule has 47 heavy (non-hydrogen) atoms. The van der Waals surface area contributed by atoms with Crippen molar-refractivity contribution in [3.63, 3.8) is 0 Å². The Balaban J connectivity index is 1.28. The van der Waals surface area contributed by atoms with Crippen molar-refractivity contribution in [2.24, 2.45) is 15.3 Å². The number of allylic oxidation sites excluding steroid dienone is 1. The SMILES string of the molecule is CN/C1=C(\C=N)c2cc(cc(C)n2)C(=O)/N=C2\Nc3ccc(N=S4(=O)CCN(C5CCN(C)CC5)CC4)cc3N2CC(C)CCCO1. The van der Waals surface area contributed by atoms with Crippen LogP contribution in [0.5, 0.6) is 0 Å². The van der Waals surface area contributed by atoms with Crippen molar-refractivity contribution < 1.29 is 13.7 Å². The molecule has 4 aliphatic rings. The van der Waals surface area contributed by atoms with Gasteiger partial charge in [-0.05, 0) is 89.0 Å². The summed E-state index contributed by atoms with van der Waals surface area (Å²) < 4.78 is 24.9. The molecular formula is C34H47N9O3S. The Kier molecular flexibility index (Phi) is 9.95. The van der Waals surface area contributed by atoms with Gasteiger partial charge in [-0.3, -0.25) is 14.7 Å². The number of piperidine rings is 1. The van der Waals surface area contributed by atoms with Crippen molar-refractivity contribution >= 4 is 50.4 Å². The van der Waals surface area contributed by atoms with Gasteiger partial charge in [-0.25, -0.2) is 4.21 Å². The molecule has 0 saturated carbocycles. The lowest BCUT2D eigenvalue weighted by molar-refractivity contribution is 0.100. The van der Waals surface area contributed by atoms with E-state index in [1.165, 1.54) is 19.1 Å². The van der Waals surface area contributed by atoms with E-state index in [0.717, 1.165) is 50.4 Å². The maximum atomic E-state index is 13.9. The fourth-order valence-electron chi connectivity index (χ4n) is 6.86. The van der Waals surface area contributed by atoms with E-state index < -0.39 is 15.6 Å². The number of nitrogens with one attached hydrogen (secondary N) is 3. The van der Waals surface area contributed by atoms with Gasteiger partial charge in [0.25, 0.3) is 5.91 Å². The monoisotopic (exact) mass is 661 g/mol. The number of fused-ring (bicyclic) bond motifs is 5. The lowest BCUT2D eigenvalue weighted by Crippen LogP contribution is -2.49. The van der Waals surface area contributed by atoms with Crippen molar-refractivity contribution in [3.05, 3.63) is 53.2 Å². The molecular weight excluding hydrogens is 615 g/mol. The number of aliphatic imine (C=N–C) groups is 1. The third kappa shape index (κ3) is 7.52. The van der Waals surface area contributed by atoms with E-state index in [4.69, 9.17) is 14.5 Å². The van der Waals surface area contributed by atoms with Gasteiger partial charge in [-0.15, -0.1) is 0 Å². The highest BCUT2D eigenvalue weighted by atomic mass is 32.2. The van der Waals surface area contributed by atoms with Crippen molar-refractivity contribution in [3.8, 4) is 0 Å². The van der Waals surface area contributed by atoms with Gasteiger partial charge in [0, 0.05) is 61.7 Å². The summed E-state index contributed by atoms with van der Waals surface area (Å²) in [4.78, 5) is 29.8. The van der Waals surface area contributed by atoms with Gasteiger partial charge < -0.3 is 30.6 Å². The molecule has 0 spiro atoms. The number of aryl methyl sites for hydroxylation is 1. The van der Waals surface area contributed by atoms with E-state index in [0.29, 0.717) is 70.8 Å². The highest BCUT2D eigenvalue weighted by Gasteiger charge is 2.31. The first-order valence-corrected chi connectivity index (χ1v) is 18.5. The van der Waals surface area contributed by atoms with E-state index in [1.807, 2.05) is 30.0 Å². The summed E-state index contributed by atoms with van der Waals surface area (Å²) in [5.74, 6) is 1.88. The molecule has 0 aliphatic carbocycles. The maximum absolute atomic E-state index is 13.9. The zero-order valence-electron chi connectivity index (χ0n) is 27.9. The van der Waals surface area contributed by atoms with E-state index in [1.54, 1.807) is 19.2 Å². The van der Waals surface area contributed by atoms with E-state index in [-0.39, 0.29) is 5.92 Å². The summed E-state index contributed by atoms with van der Waals surface area (Å²) in [7, 11) is 1.55. The van der Waals surface area contributed by atoms with Gasteiger partial charge in [-0.2, -0.15) is 9.36 Å². The maximum Gasteiger partial charge on any atom is 0.280 e. The molecule has 0 radical (unpaired) electrons. The normalized spacial score (nSPS) is 25.6. The van der Waals surface area contributed by atoms with Crippen molar-refractivity contribution in [1.82, 2.24) is 20.1 Å². The molecule has 1 unspecified atom stereocenters. The molecule has 13 heteroatoms. The fourth-order valence-corrected chi connectivity index (χ4v) is 8.79. The standard InChI is InChI=1S/C34H47N9O3S/c1-23-6-5-15-46-33(36-3)28(21-35)30-19-25(18-24(2)37-30)32(44)39-34-38-29-8-7-26(20-31(29)43(34)22-23)40-47(45)16-13-42(14-17-47)27-9-11-41(4)12-10-27/h7-8,18-21,23,27,35-36H,5-6,9-17,22H2,1-4H3,(H,38,39,44)/b33-28-,35-21?. The average Bonchev–Trinajstić information content (AvgIpc) is 3.37. The average molecular weight is 662 g/mol. The van der Waals surface area contributed by atoms with Gasteiger partial charge in [-0.1, -0.05) is 6.92 Å². The molecule has 252 valence electrons. The van der Waals surface area contributed by atoms with Crippen LogP contribution in [0.25, 0.3) is 5.57 Å². The van der Waals surface area contributed by atoms with Crippen LogP contribution in [0.15, 0.2) is 45.6 Å². The zero-order chi connectivity index (χ0) is 33.1. The number of hydrogen-bond donors (Lipinski definition) is 3. The molecule has 2 aromatic rings. The Bertz CT molecular complexity index is 1690. The second-order valence-corrected chi connectivity index (χ2v) is 15.7. The Labute approximate surface area is 278 Å². The van der Waals surface area contributed by atoms with Crippen LogP contribution in [0, 0.1) is 18.3 Å². The van der Waals surface area contributed by atoms with Crippen LogP contribution in [-0.2, 0) is 14.5 Å². The number of benzene rings is 1. The summed E-state index contributed by atoms with van der Waals surface area (Å²) in [5, 5.41) is 14.5. The number of carbonyl (C=O) groups is 1. The first-order chi connectivity index (χ1) is 22.6. The first-order valence-electron chi connectivity index (χ1n) is 16.7. The molecule has 5 heterocycles. The molecule has 6 rings (SSSR count). The van der Waals surface area contributed by atoms with Gasteiger partial charge in [0.1, 0.15) is 0 Å². The van der Waals surface area contributed by atoms with Crippen molar-refractivity contribution in [1.29, 1.82) is 5.41 Å².